The average Bonchev–Trinajstić information content (AvgIpc) is 2.69. The predicted molar refractivity (Wildman–Crippen MR) is 80.5 cm³/mol. The maximum Gasteiger partial charge on any atom is 0.0371 e. The SMILES string of the molecule is CN1CCC(CN(C)Cc2c(N)cccc2Br)C1. The van der Waals surface area contributed by atoms with Gasteiger partial charge in [0.05, 0.1) is 0 Å². The van der Waals surface area contributed by atoms with E-state index in [0.29, 0.717) is 0 Å². The Labute approximate surface area is 118 Å². The molecule has 0 aliphatic carbocycles. The van der Waals surface area contributed by atoms with Crippen molar-refractivity contribution in [2.45, 2.75) is 13.0 Å². The standard InChI is InChI=1S/C14H22BrN3/c1-17-7-6-11(8-17)9-18(2)10-12-13(15)4-3-5-14(12)16/h3-5,11H,6-10,16H2,1-2H3. The fourth-order valence-corrected chi connectivity index (χ4v) is 3.20. The number of likely N-dealkylation sites (tertiary alicyclic amines) is 1. The Bertz CT molecular complexity index is 388. The summed E-state index contributed by atoms with van der Waals surface area (Å²) in [5, 5.41) is 0. The molecule has 1 atom stereocenters. The molecule has 0 radical (unpaired) electrons. The number of anilines is 1. The highest BCUT2D eigenvalue weighted by Crippen LogP contribution is 2.24. The lowest BCUT2D eigenvalue weighted by Gasteiger charge is -2.22. The predicted octanol–water partition coefficient (Wildman–Crippen LogP) is 2.41. The van der Waals surface area contributed by atoms with Crippen LogP contribution in [-0.2, 0) is 6.54 Å². The molecule has 2 N–H and O–H groups in total. The van der Waals surface area contributed by atoms with Crippen LogP contribution in [0.2, 0.25) is 0 Å². The van der Waals surface area contributed by atoms with Crippen LogP contribution in [0.3, 0.4) is 0 Å². The normalized spacial score (nSPS) is 20.8. The molecular formula is C14H22BrN3. The van der Waals surface area contributed by atoms with Crippen LogP contribution >= 0.6 is 15.9 Å². The van der Waals surface area contributed by atoms with Crippen LogP contribution in [0.4, 0.5) is 5.69 Å². The molecule has 0 saturated carbocycles. The number of nitrogen functional groups attached to an aromatic ring is 1. The third-order valence-corrected chi connectivity index (χ3v) is 4.38. The first-order valence-electron chi connectivity index (χ1n) is 6.46. The topological polar surface area (TPSA) is 32.5 Å². The van der Waals surface area contributed by atoms with E-state index in [4.69, 9.17) is 5.73 Å². The first-order valence-corrected chi connectivity index (χ1v) is 7.25. The average molecular weight is 312 g/mol. The van der Waals surface area contributed by atoms with Crippen LogP contribution in [0.5, 0.6) is 0 Å². The summed E-state index contributed by atoms with van der Waals surface area (Å²) >= 11 is 3.58. The number of nitrogens with zero attached hydrogens (tertiary/aromatic N) is 2. The Morgan fingerprint density at radius 3 is 2.89 bits per heavy atom. The lowest BCUT2D eigenvalue weighted by atomic mass is 10.1. The molecule has 1 aromatic rings. The molecule has 0 spiro atoms. The van der Waals surface area contributed by atoms with Crippen molar-refractivity contribution in [2.75, 3.05) is 39.5 Å². The van der Waals surface area contributed by atoms with Crippen LogP contribution in [0.15, 0.2) is 22.7 Å². The molecule has 0 aromatic heterocycles. The highest BCUT2D eigenvalue weighted by Gasteiger charge is 2.21. The van der Waals surface area contributed by atoms with Gasteiger partial charge in [0.2, 0.25) is 0 Å². The second-order valence-electron chi connectivity index (χ2n) is 5.42. The number of hydrogen-bond donors (Lipinski definition) is 1. The Balaban J connectivity index is 1.93. The third-order valence-electron chi connectivity index (χ3n) is 3.64. The molecular weight excluding hydrogens is 290 g/mol. The zero-order valence-electron chi connectivity index (χ0n) is 11.2. The van der Waals surface area contributed by atoms with Crippen molar-refractivity contribution in [3.63, 3.8) is 0 Å². The quantitative estimate of drug-likeness (QED) is 0.867. The summed E-state index contributed by atoms with van der Waals surface area (Å²) in [6.07, 6.45) is 1.31. The molecule has 1 aromatic carbocycles. The highest BCUT2D eigenvalue weighted by atomic mass is 79.9. The van der Waals surface area contributed by atoms with Gasteiger partial charge in [0.15, 0.2) is 0 Å². The minimum absolute atomic E-state index is 0.795. The van der Waals surface area contributed by atoms with Gasteiger partial charge in [-0.3, -0.25) is 0 Å². The van der Waals surface area contributed by atoms with Crippen molar-refractivity contribution >= 4 is 21.6 Å². The van der Waals surface area contributed by atoms with Gasteiger partial charge in [0, 0.05) is 35.4 Å². The number of halogens is 1. The molecule has 0 bridgehead atoms. The zero-order chi connectivity index (χ0) is 13.1. The molecule has 1 heterocycles. The van der Waals surface area contributed by atoms with E-state index in [0.717, 1.165) is 29.2 Å². The van der Waals surface area contributed by atoms with Gasteiger partial charge in [-0.15, -0.1) is 0 Å². The number of nitrogens with two attached hydrogens (primary N) is 1. The zero-order valence-corrected chi connectivity index (χ0v) is 12.8. The van der Waals surface area contributed by atoms with E-state index in [1.165, 1.54) is 25.1 Å². The van der Waals surface area contributed by atoms with Crippen molar-refractivity contribution < 1.29 is 0 Å². The highest BCUT2D eigenvalue weighted by molar-refractivity contribution is 9.10. The Hall–Kier alpha value is -0.580. The fourth-order valence-electron chi connectivity index (χ4n) is 2.69. The molecule has 0 amide bonds. The summed E-state index contributed by atoms with van der Waals surface area (Å²) in [7, 11) is 4.38. The minimum Gasteiger partial charge on any atom is -0.398 e. The smallest absolute Gasteiger partial charge is 0.0371 e. The molecule has 3 nitrogen and oxygen atoms in total. The Morgan fingerprint density at radius 2 is 2.28 bits per heavy atom. The first-order chi connectivity index (χ1) is 8.56. The molecule has 1 fully saturated rings. The van der Waals surface area contributed by atoms with Crippen LogP contribution in [0.25, 0.3) is 0 Å². The second-order valence-corrected chi connectivity index (χ2v) is 6.28. The largest absolute Gasteiger partial charge is 0.398 e. The fraction of sp³-hybridized carbons (Fsp3) is 0.571. The number of benzene rings is 1. The van der Waals surface area contributed by atoms with Gasteiger partial charge in [0.1, 0.15) is 0 Å². The summed E-state index contributed by atoms with van der Waals surface area (Å²) < 4.78 is 1.11. The molecule has 1 aliphatic rings. The van der Waals surface area contributed by atoms with E-state index in [1.807, 2.05) is 12.1 Å². The van der Waals surface area contributed by atoms with Crippen molar-refractivity contribution in [3.05, 3.63) is 28.2 Å². The van der Waals surface area contributed by atoms with Gasteiger partial charge in [-0.05, 0) is 45.1 Å². The number of hydrogen-bond acceptors (Lipinski definition) is 3. The van der Waals surface area contributed by atoms with E-state index in [9.17, 15) is 0 Å². The van der Waals surface area contributed by atoms with Crippen molar-refractivity contribution in [1.29, 1.82) is 0 Å². The van der Waals surface area contributed by atoms with Crippen LogP contribution in [-0.4, -0.2) is 43.5 Å². The van der Waals surface area contributed by atoms with E-state index < -0.39 is 0 Å². The van der Waals surface area contributed by atoms with Crippen LogP contribution < -0.4 is 5.73 Å². The molecule has 1 saturated heterocycles. The second kappa shape index (κ2) is 6.04. The summed E-state index contributed by atoms with van der Waals surface area (Å²) in [6.45, 7) is 4.50. The van der Waals surface area contributed by atoms with E-state index in [-0.39, 0.29) is 0 Å². The Morgan fingerprint density at radius 1 is 1.50 bits per heavy atom. The first kappa shape index (κ1) is 13.8. The molecule has 1 aliphatic heterocycles. The van der Waals surface area contributed by atoms with Gasteiger partial charge < -0.3 is 15.5 Å². The van der Waals surface area contributed by atoms with E-state index >= 15 is 0 Å². The summed E-state index contributed by atoms with van der Waals surface area (Å²) in [6, 6.07) is 6.01. The molecule has 18 heavy (non-hydrogen) atoms. The summed E-state index contributed by atoms with van der Waals surface area (Å²) in [5.74, 6) is 0.795. The maximum absolute atomic E-state index is 6.04. The molecule has 2 rings (SSSR count). The lowest BCUT2D eigenvalue weighted by Crippen LogP contribution is -2.27. The molecule has 4 heteroatoms. The van der Waals surface area contributed by atoms with Crippen molar-refractivity contribution in [3.8, 4) is 0 Å². The maximum atomic E-state index is 6.04. The van der Waals surface area contributed by atoms with Crippen molar-refractivity contribution in [1.82, 2.24) is 9.80 Å². The van der Waals surface area contributed by atoms with Gasteiger partial charge >= 0.3 is 0 Å². The van der Waals surface area contributed by atoms with Gasteiger partial charge in [-0.1, -0.05) is 22.0 Å². The van der Waals surface area contributed by atoms with Crippen molar-refractivity contribution in [2.24, 2.45) is 5.92 Å². The monoisotopic (exact) mass is 311 g/mol. The van der Waals surface area contributed by atoms with Gasteiger partial charge in [0.25, 0.3) is 0 Å². The summed E-state index contributed by atoms with van der Waals surface area (Å²) in [5.41, 5.74) is 8.11. The summed E-state index contributed by atoms with van der Waals surface area (Å²) in [4.78, 5) is 4.78. The van der Waals surface area contributed by atoms with E-state index in [1.54, 1.807) is 0 Å². The molecule has 1 unspecified atom stereocenters. The minimum atomic E-state index is 0.795. The van der Waals surface area contributed by atoms with Crippen LogP contribution in [0, 0.1) is 5.92 Å². The number of rotatable bonds is 4. The van der Waals surface area contributed by atoms with Gasteiger partial charge in [-0.25, -0.2) is 0 Å². The Kier molecular flexibility index (Phi) is 4.65. The lowest BCUT2D eigenvalue weighted by molar-refractivity contribution is 0.267. The third kappa shape index (κ3) is 3.46. The van der Waals surface area contributed by atoms with Crippen LogP contribution in [0.1, 0.15) is 12.0 Å². The van der Waals surface area contributed by atoms with E-state index in [2.05, 4.69) is 45.9 Å². The van der Waals surface area contributed by atoms with Gasteiger partial charge in [-0.2, -0.15) is 0 Å². The molecule has 100 valence electrons.